The number of aliphatic hydroxyl groups is 1. The molecule has 0 bridgehead atoms. The maximum absolute atomic E-state index is 13.1. The van der Waals surface area contributed by atoms with Gasteiger partial charge in [-0.25, -0.2) is 4.79 Å². The van der Waals surface area contributed by atoms with E-state index in [2.05, 4.69) is 0 Å². The molecular formula is C15H29O6P. The molecule has 1 aliphatic rings. The molecule has 0 aromatic heterocycles. The van der Waals surface area contributed by atoms with Gasteiger partial charge < -0.3 is 18.9 Å². The zero-order valence-electron chi connectivity index (χ0n) is 14.0. The minimum Gasteiger partial charge on any atom is -0.461 e. The summed E-state index contributed by atoms with van der Waals surface area (Å²) in [6.45, 7) is 7.25. The molecule has 0 heterocycles. The third-order valence-electron chi connectivity index (χ3n) is 3.78. The molecule has 1 saturated carbocycles. The van der Waals surface area contributed by atoms with Crippen molar-refractivity contribution >= 4 is 13.6 Å². The van der Waals surface area contributed by atoms with Gasteiger partial charge in [0.2, 0.25) is 0 Å². The van der Waals surface area contributed by atoms with Crippen LogP contribution in [0.5, 0.6) is 0 Å². The molecule has 1 rings (SSSR count). The van der Waals surface area contributed by atoms with Gasteiger partial charge in [-0.2, -0.15) is 0 Å². The highest BCUT2D eigenvalue weighted by molar-refractivity contribution is 7.54. The fourth-order valence-electron chi connectivity index (χ4n) is 3.00. The molecule has 2 atom stereocenters. The topological polar surface area (TPSA) is 82.1 Å². The Hall–Kier alpha value is -0.420. The highest BCUT2D eigenvalue weighted by Crippen LogP contribution is 2.59. The van der Waals surface area contributed by atoms with Crippen molar-refractivity contribution in [2.75, 3.05) is 13.2 Å². The third-order valence-corrected chi connectivity index (χ3v) is 6.45. The van der Waals surface area contributed by atoms with E-state index in [1.165, 1.54) is 0 Å². The van der Waals surface area contributed by atoms with Gasteiger partial charge in [-0.15, -0.1) is 0 Å². The standard InChI is InChI=1S/C15H29O6P/c1-5-19-22(18,20-6-2)14(12-9-7-8-10-12)13(16)15(17)21-11(3)4/h11-14,16H,5-10H2,1-4H3/t13-,14+/m0/s1. The summed E-state index contributed by atoms with van der Waals surface area (Å²) in [4.78, 5) is 12.1. The van der Waals surface area contributed by atoms with Gasteiger partial charge >= 0.3 is 13.6 Å². The lowest BCUT2D eigenvalue weighted by atomic mass is 9.99. The first-order chi connectivity index (χ1) is 10.4. The number of ether oxygens (including phenoxy) is 1. The molecule has 0 aromatic carbocycles. The summed E-state index contributed by atoms with van der Waals surface area (Å²) >= 11 is 0. The van der Waals surface area contributed by atoms with Crippen LogP contribution in [0.2, 0.25) is 0 Å². The molecule has 0 aliphatic heterocycles. The smallest absolute Gasteiger partial charge is 0.337 e. The normalized spacial score (nSPS) is 19.4. The number of rotatable bonds is 9. The predicted octanol–water partition coefficient (Wildman–Crippen LogP) is 3.12. The largest absolute Gasteiger partial charge is 0.461 e. The number of carbonyl (C=O) groups excluding carboxylic acids is 1. The monoisotopic (exact) mass is 336 g/mol. The second kappa shape index (κ2) is 9.02. The summed E-state index contributed by atoms with van der Waals surface area (Å²) < 4.78 is 29.0. The zero-order valence-corrected chi connectivity index (χ0v) is 14.9. The number of aliphatic hydroxyl groups excluding tert-OH is 1. The molecule has 0 saturated heterocycles. The SMILES string of the molecule is CCOP(=O)(OCC)[C@H](C1CCCC1)[C@H](O)C(=O)OC(C)C. The summed E-state index contributed by atoms with van der Waals surface area (Å²) in [7, 11) is -3.58. The highest BCUT2D eigenvalue weighted by atomic mass is 31.2. The van der Waals surface area contributed by atoms with Crippen LogP contribution in [0.3, 0.4) is 0 Å². The summed E-state index contributed by atoms with van der Waals surface area (Å²) in [5, 5.41) is 10.5. The van der Waals surface area contributed by atoms with Crippen LogP contribution in [0.25, 0.3) is 0 Å². The van der Waals surface area contributed by atoms with Crippen LogP contribution in [0.4, 0.5) is 0 Å². The van der Waals surface area contributed by atoms with Crippen LogP contribution in [-0.2, 0) is 23.1 Å². The number of hydrogen-bond donors (Lipinski definition) is 1. The first-order valence-corrected chi connectivity index (χ1v) is 9.74. The van der Waals surface area contributed by atoms with Gasteiger partial charge in [0.15, 0.2) is 6.10 Å². The van der Waals surface area contributed by atoms with Gasteiger partial charge in [0.25, 0.3) is 0 Å². The van der Waals surface area contributed by atoms with E-state index in [0.717, 1.165) is 25.7 Å². The lowest BCUT2D eigenvalue weighted by Crippen LogP contribution is -2.41. The van der Waals surface area contributed by atoms with E-state index < -0.39 is 25.3 Å². The van der Waals surface area contributed by atoms with E-state index in [1.54, 1.807) is 27.7 Å². The van der Waals surface area contributed by atoms with Crippen molar-refractivity contribution in [3.05, 3.63) is 0 Å². The molecule has 0 amide bonds. The van der Waals surface area contributed by atoms with Crippen LogP contribution < -0.4 is 0 Å². The number of esters is 1. The molecule has 0 unspecified atom stereocenters. The van der Waals surface area contributed by atoms with E-state index in [0.29, 0.717) is 0 Å². The number of hydrogen-bond acceptors (Lipinski definition) is 6. The Morgan fingerprint density at radius 2 is 1.68 bits per heavy atom. The molecule has 130 valence electrons. The van der Waals surface area contributed by atoms with E-state index >= 15 is 0 Å². The van der Waals surface area contributed by atoms with Crippen LogP contribution in [0.1, 0.15) is 53.4 Å². The maximum Gasteiger partial charge on any atom is 0.337 e. The van der Waals surface area contributed by atoms with Crippen LogP contribution in [0.15, 0.2) is 0 Å². The van der Waals surface area contributed by atoms with E-state index in [1.807, 2.05) is 0 Å². The molecule has 7 heteroatoms. The van der Waals surface area contributed by atoms with Crippen molar-refractivity contribution in [2.45, 2.75) is 71.2 Å². The fraction of sp³-hybridized carbons (Fsp3) is 0.933. The zero-order chi connectivity index (χ0) is 16.8. The fourth-order valence-corrected chi connectivity index (χ4v) is 5.42. The molecule has 0 spiro atoms. The Kier molecular flexibility index (Phi) is 8.04. The Morgan fingerprint density at radius 3 is 2.09 bits per heavy atom. The van der Waals surface area contributed by atoms with Gasteiger partial charge in [0.05, 0.1) is 19.3 Å². The molecule has 1 fully saturated rings. The van der Waals surface area contributed by atoms with E-state index in [-0.39, 0.29) is 25.2 Å². The minimum absolute atomic E-state index is 0.0568. The third kappa shape index (κ3) is 5.05. The lowest BCUT2D eigenvalue weighted by molar-refractivity contribution is -0.158. The van der Waals surface area contributed by atoms with Gasteiger partial charge in [-0.1, -0.05) is 12.8 Å². The summed E-state index contributed by atoms with van der Waals surface area (Å²) in [5.41, 5.74) is -0.860. The van der Waals surface area contributed by atoms with Gasteiger partial charge in [0.1, 0.15) is 5.66 Å². The average Bonchev–Trinajstić information content (AvgIpc) is 2.92. The van der Waals surface area contributed by atoms with Crippen molar-refractivity contribution in [1.82, 2.24) is 0 Å². The van der Waals surface area contributed by atoms with Crippen molar-refractivity contribution < 1.29 is 28.3 Å². The quantitative estimate of drug-likeness (QED) is 0.514. The lowest BCUT2D eigenvalue weighted by Gasteiger charge is -2.33. The minimum atomic E-state index is -3.58. The second-order valence-electron chi connectivity index (χ2n) is 5.84. The Labute approximate surface area is 133 Å². The molecule has 1 N–H and O–H groups in total. The molecule has 6 nitrogen and oxygen atoms in total. The molecule has 1 aliphatic carbocycles. The van der Waals surface area contributed by atoms with Crippen molar-refractivity contribution in [2.24, 2.45) is 5.92 Å². The van der Waals surface area contributed by atoms with E-state index in [9.17, 15) is 14.5 Å². The first kappa shape index (κ1) is 19.6. The van der Waals surface area contributed by atoms with Crippen molar-refractivity contribution in [3.63, 3.8) is 0 Å². The highest BCUT2D eigenvalue weighted by Gasteiger charge is 2.49. The maximum atomic E-state index is 13.1. The van der Waals surface area contributed by atoms with E-state index in [4.69, 9.17) is 13.8 Å². The number of carbonyl (C=O) groups is 1. The summed E-state index contributed by atoms with van der Waals surface area (Å²) in [6.07, 6.45) is 1.76. The van der Waals surface area contributed by atoms with Crippen molar-refractivity contribution in [3.8, 4) is 0 Å². The Balaban J connectivity index is 3.05. The predicted molar refractivity (Wildman–Crippen MR) is 83.8 cm³/mol. The van der Waals surface area contributed by atoms with Crippen LogP contribution >= 0.6 is 7.60 Å². The summed E-state index contributed by atoms with van der Waals surface area (Å²) in [6, 6.07) is 0. The molecule has 0 radical (unpaired) electrons. The molecule has 22 heavy (non-hydrogen) atoms. The Morgan fingerprint density at radius 1 is 1.18 bits per heavy atom. The second-order valence-corrected chi connectivity index (χ2v) is 8.03. The van der Waals surface area contributed by atoms with Gasteiger partial charge in [-0.05, 0) is 46.5 Å². The first-order valence-electron chi connectivity index (χ1n) is 8.13. The molecular weight excluding hydrogens is 307 g/mol. The van der Waals surface area contributed by atoms with Gasteiger partial charge in [-0.3, -0.25) is 4.57 Å². The molecule has 0 aromatic rings. The van der Waals surface area contributed by atoms with Gasteiger partial charge in [0, 0.05) is 0 Å². The average molecular weight is 336 g/mol. The van der Waals surface area contributed by atoms with Crippen LogP contribution in [0, 0.1) is 5.92 Å². The van der Waals surface area contributed by atoms with Crippen molar-refractivity contribution in [1.29, 1.82) is 0 Å². The summed E-state index contributed by atoms with van der Waals surface area (Å²) in [5.74, 6) is -0.815. The Bertz CT molecular complexity index is 381. The van der Waals surface area contributed by atoms with Crippen LogP contribution in [-0.4, -0.2) is 42.2 Å².